The molecule has 4 heteroatoms. The third kappa shape index (κ3) is 2.42. The molecular weight excluding hydrogens is 204 g/mol. The van der Waals surface area contributed by atoms with Gasteiger partial charge in [0.05, 0.1) is 18.8 Å². The fourth-order valence-electron chi connectivity index (χ4n) is 1.45. The van der Waals surface area contributed by atoms with E-state index in [4.69, 9.17) is 5.11 Å². The molecule has 0 radical (unpaired) electrons. The van der Waals surface area contributed by atoms with Gasteiger partial charge in [0.15, 0.2) is 0 Å². The average Bonchev–Trinajstić information content (AvgIpc) is 2.30. The van der Waals surface area contributed by atoms with Gasteiger partial charge in [-0.05, 0) is 17.2 Å². The van der Waals surface area contributed by atoms with Crippen molar-refractivity contribution >= 4 is 5.97 Å². The zero-order chi connectivity index (χ0) is 11.4. The van der Waals surface area contributed by atoms with Gasteiger partial charge in [-0.25, -0.2) is 0 Å². The molecule has 4 nitrogen and oxygen atoms in total. The molecule has 0 amide bonds. The van der Waals surface area contributed by atoms with Gasteiger partial charge in [0.1, 0.15) is 0 Å². The summed E-state index contributed by atoms with van der Waals surface area (Å²) in [5.41, 5.74) is 2.76. The molecule has 0 aliphatic heterocycles. The van der Waals surface area contributed by atoms with Crippen LogP contribution in [-0.2, 0) is 11.2 Å². The average molecular weight is 214 g/mol. The maximum atomic E-state index is 10.5. The lowest BCUT2D eigenvalue weighted by Crippen LogP contribution is -1.99. The van der Waals surface area contributed by atoms with Crippen molar-refractivity contribution in [2.45, 2.75) is 6.42 Å². The molecule has 0 saturated heterocycles. The number of aliphatic carboxylic acids is 1. The number of carboxylic acid groups (broad SMARTS) is 1. The van der Waals surface area contributed by atoms with Crippen LogP contribution in [0.2, 0.25) is 0 Å². The second-order valence-electron chi connectivity index (χ2n) is 3.40. The third-order valence-corrected chi connectivity index (χ3v) is 2.23. The monoisotopic (exact) mass is 214 g/mol. The molecule has 1 aromatic carbocycles. The summed E-state index contributed by atoms with van der Waals surface area (Å²) >= 11 is 0. The van der Waals surface area contributed by atoms with Crippen molar-refractivity contribution in [1.29, 1.82) is 0 Å². The Kier molecular flexibility index (Phi) is 2.91. The predicted octanol–water partition coefficient (Wildman–Crippen LogP) is 1.77. The lowest BCUT2D eigenvalue weighted by Gasteiger charge is -2.01. The molecule has 0 aliphatic carbocycles. The number of benzene rings is 1. The quantitative estimate of drug-likeness (QED) is 0.845. The Hall–Kier alpha value is -2.23. The summed E-state index contributed by atoms with van der Waals surface area (Å²) in [7, 11) is 0. The van der Waals surface area contributed by atoms with E-state index in [1.807, 2.05) is 30.3 Å². The molecular formula is C12H10N2O2. The summed E-state index contributed by atoms with van der Waals surface area (Å²) in [4.78, 5) is 10.5. The van der Waals surface area contributed by atoms with Crippen molar-refractivity contribution in [2.24, 2.45) is 0 Å². The largest absolute Gasteiger partial charge is 0.481 e. The van der Waals surface area contributed by atoms with Gasteiger partial charge < -0.3 is 5.11 Å². The van der Waals surface area contributed by atoms with Gasteiger partial charge in [-0.3, -0.25) is 4.79 Å². The van der Waals surface area contributed by atoms with E-state index in [1.165, 1.54) is 0 Å². The van der Waals surface area contributed by atoms with Crippen LogP contribution < -0.4 is 0 Å². The molecule has 1 aromatic heterocycles. The number of nitrogens with zero attached hydrogens (tertiary/aromatic N) is 2. The maximum Gasteiger partial charge on any atom is 0.307 e. The first-order valence-electron chi connectivity index (χ1n) is 4.83. The van der Waals surface area contributed by atoms with Crippen LogP contribution in [0.15, 0.2) is 42.7 Å². The van der Waals surface area contributed by atoms with Crippen molar-refractivity contribution in [3.05, 3.63) is 48.3 Å². The molecule has 2 rings (SSSR count). The highest BCUT2D eigenvalue weighted by molar-refractivity contribution is 5.71. The van der Waals surface area contributed by atoms with E-state index in [0.717, 1.165) is 16.7 Å². The molecule has 0 bridgehead atoms. The van der Waals surface area contributed by atoms with Crippen molar-refractivity contribution in [3.63, 3.8) is 0 Å². The van der Waals surface area contributed by atoms with Crippen molar-refractivity contribution < 1.29 is 9.90 Å². The number of hydrogen-bond acceptors (Lipinski definition) is 3. The van der Waals surface area contributed by atoms with Crippen LogP contribution in [-0.4, -0.2) is 21.3 Å². The van der Waals surface area contributed by atoms with Crippen molar-refractivity contribution in [3.8, 4) is 11.1 Å². The van der Waals surface area contributed by atoms with E-state index in [-0.39, 0.29) is 6.42 Å². The maximum absolute atomic E-state index is 10.5. The molecule has 0 aliphatic rings. The zero-order valence-electron chi connectivity index (χ0n) is 8.50. The van der Waals surface area contributed by atoms with Crippen LogP contribution in [0.5, 0.6) is 0 Å². The Morgan fingerprint density at radius 2 is 1.81 bits per heavy atom. The standard InChI is InChI=1S/C12H10N2O2/c15-12(16)7-9-1-3-10(4-2-9)11-5-6-13-14-8-11/h1-6,8H,7H2,(H,15,16). The molecule has 0 fully saturated rings. The SMILES string of the molecule is O=C(O)Cc1ccc(-c2ccnnc2)cc1. The van der Waals surface area contributed by atoms with Gasteiger partial charge >= 0.3 is 5.97 Å². The summed E-state index contributed by atoms with van der Waals surface area (Å²) < 4.78 is 0. The van der Waals surface area contributed by atoms with Crippen LogP contribution >= 0.6 is 0 Å². The lowest BCUT2D eigenvalue weighted by molar-refractivity contribution is -0.136. The Morgan fingerprint density at radius 1 is 1.06 bits per heavy atom. The van der Waals surface area contributed by atoms with E-state index in [2.05, 4.69) is 10.2 Å². The first-order chi connectivity index (χ1) is 7.75. The van der Waals surface area contributed by atoms with Crippen molar-refractivity contribution in [2.75, 3.05) is 0 Å². The van der Waals surface area contributed by atoms with Crippen LogP contribution in [0.1, 0.15) is 5.56 Å². The van der Waals surface area contributed by atoms with Crippen LogP contribution in [0, 0.1) is 0 Å². The minimum Gasteiger partial charge on any atom is -0.481 e. The Labute approximate surface area is 92.6 Å². The molecule has 1 heterocycles. The molecule has 80 valence electrons. The minimum atomic E-state index is -0.821. The number of rotatable bonds is 3. The number of aromatic nitrogens is 2. The fourth-order valence-corrected chi connectivity index (χ4v) is 1.45. The molecule has 0 unspecified atom stereocenters. The summed E-state index contributed by atoms with van der Waals surface area (Å²) in [6, 6.07) is 9.25. The smallest absolute Gasteiger partial charge is 0.307 e. The Morgan fingerprint density at radius 3 is 2.38 bits per heavy atom. The van der Waals surface area contributed by atoms with E-state index in [1.54, 1.807) is 12.4 Å². The summed E-state index contributed by atoms with van der Waals surface area (Å²) in [6.45, 7) is 0. The second-order valence-corrected chi connectivity index (χ2v) is 3.40. The highest BCUT2D eigenvalue weighted by Gasteiger charge is 2.01. The van der Waals surface area contributed by atoms with Crippen molar-refractivity contribution in [1.82, 2.24) is 10.2 Å². The summed E-state index contributed by atoms with van der Waals surface area (Å²) in [6.07, 6.45) is 3.35. The molecule has 0 saturated carbocycles. The molecule has 16 heavy (non-hydrogen) atoms. The second kappa shape index (κ2) is 4.53. The van der Waals surface area contributed by atoms with E-state index < -0.39 is 5.97 Å². The first kappa shape index (κ1) is 10.3. The normalized spacial score (nSPS) is 10.0. The Balaban J connectivity index is 2.23. The van der Waals surface area contributed by atoms with E-state index >= 15 is 0 Å². The van der Waals surface area contributed by atoms with Gasteiger partial charge in [-0.1, -0.05) is 24.3 Å². The molecule has 2 aromatic rings. The van der Waals surface area contributed by atoms with Crippen LogP contribution in [0.3, 0.4) is 0 Å². The first-order valence-corrected chi connectivity index (χ1v) is 4.83. The van der Waals surface area contributed by atoms with E-state index in [9.17, 15) is 4.79 Å². The molecule has 0 atom stereocenters. The minimum absolute atomic E-state index is 0.0505. The molecule has 0 spiro atoms. The zero-order valence-corrected chi connectivity index (χ0v) is 8.50. The summed E-state index contributed by atoms with van der Waals surface area (Å²) in [5, 5.41) is 16.1. The number of carbonyl (C=O) groups is 1. The summed E-state index contributed by atoms with van der Waals surface area (Å²) in [5.74, 6) is -0.821. The lowest BCUT2D eigenvalue weighted by atomic mass is 10.0. The van der Waals surface area contributed by atoms with Crippen LogP contribution in [0.4, 0.5) is 0 Å². The number of carboxylic acids is 1. The highest BCUT2D eigenvalue weighted by Crippen LogP contribution is 2.17. The van der Waals surface area contributed by atoms with Gasteiger partial charge in [0.25, 0.3) is 0 Å². The highest BCUT2D eigenvalue weighted by atomic mass is 16.4. The predicted molar refractivity (Wildman–Crippen MR) is 58.8 cm³/mol. The Bertz CT molecular complexity index is 480. The van der Waals surface area contributed by atoms with Gasteiger partial charge in [0, 0.05) is 5.56 Å². The van der Waals surface area contributed by atoms with Crippen LogP contribution in [0.25, 0.3) is 11.1 Å². The third-order valence-electron chi connectivity index (χ3n) is 2.23. The topological polar surface area (TPSA) is 63.1 Å². The van der Waals surface area contributed by atoms with Gasteiger partial charge in [-0.15, -0.1) is 0 Å². The van der Waals surface area contributed by atoms with E-state index in [0.29, 0.717) is 0 Å². The molecule has 1 N–H and O–H groups in total. The van der Waals surface area contributed by atoms with Gasteiger partial charge in [-0.2, -0.15) is 10.2 Å². The fraction of sp³-hybridized carbons (Fsp3) is 0.0833. The number of hydrogen-bond donors (Lipinski definition) is 1. The van der Waals surface area contributed by atoms with Gasteiger partial charge in [0.2, 0.25) is 0 Å².